The van der Waals surface area contributed by atoms with Crippen molar-refractivity contribution in [3.63, 3.8) is 0 Å². The van der Waals surface area contributed by atoms with Gasteiger partial charge in [-0.3, -0.25) is 0 Å². The van der Waals surface area contributed by atoms with Gasteiger partial charge in [0.25, 0.3) is 0 Å². The Bertz CT molecular complexity index is 268. The van der Waals surface area contributed by atoms with Gasteiger partial charge in [-0.05, 0) is 12.8 Å². The summed E-state index contributed by atoms with van der Waals surface area (Å²) in [5, 5.41) is 8.98. The first kappa shape index (κ1) is 10.6. The molecule has 2 atom stereocenters. The molecule has 0 aromatic heterocycles. The quantitative estimate of drug-likeness (QED) is 0.708. The maximum Gasteiger partial charge on any atom is 0.336 e. The Morgan fingerprint density at radius 3 is 2.47 bits per heavy atom. The summed E-state index contributed by atoms with van der Waals surface area (Å²) in [6.45, 7) is 3.58. The second-order valence-electron chi connectivity index (χ2n) is 4.17. The number of aliphatic carboxylic acids is 1. The number of hydrogen-bond donors (Lipinski definition) is 1. The first-order valence-electron chi connectivity index (χ1n) is 5.38. The highest BCUT2D eigenvalue weighted by atomic mass is 16.8. The molecule has 1 saturated heterocycles. The third-order valence-electron chi connectivity index (χ3n) is 3.08. The Morgan fingerprint density at radius 2 is 2.00 bits per heavy atom. The number of carbonyl (C=O) groups is 1. The maximum atomic E-state index is 10.9. The summed E-state index contributed by atoms with van der Waals surface area (Å²) in [5.74, 6) is -1.62. The molecule has 1 saturated carbocycles. The lowest BCUT2D eigenvalue weighted by atomic mass is 9.94. The van der Waals surface area contributed by atoms with E-state index in [2.05, 4.69) is 6.58 Å². The van der Waals surface area contributed by atoms with Crippen molar-refractivity contribution < 1.29 is 19.4 Å². The fourth-order valence-corrected chi connectivity index (χ4v) is 2.32. The van der Waals surface area contributed by atoms with Crippen LogP contribution in [0.1, 0.15) is 32.1 Å². The van der Waals surface area contributed by atoms with Gasteiger partial charge in [0.1, 0.15) is 6.10 Å². The van der Waals surface area contributed by atoms with E-state index < -0.39 is 24.0 Å². The minimum atomic E-state index is -0.970. The van der Waals surface area contributed by atoms with E-state index in [1.807, 2.05) is 0 Å². The molecule has 1 aliphatic carbocycles. The van der Waals surface area contributed by atoms with Crippen molar-refractivity contribution in [1.29, 1.82) is 0 Å². The van der Waals surface area contributed by atoms with Crippen LogP contribution in [0.4, 0.5) is 0 Å². The molecule has 0 amide bonds. The zero-order valence-electron chi connectivity index (χ0n) is 8.65. The third kappa shape index (κ3) is 1.92. The number of rotatable bonds is 2. The van der Waals surface area contributed by atoms with Crippen LogP contribution in [0.15, 0.2) is 12.7 Å². The van der Waals surface area contributed by atoms with Crippen molar-refractivity contribution >= 4 is 5.97 Å². The normalized spacial score (nSPS) is 34.1. The highest BCUT2D eigenvalue weighted by Crippen LogP contribution is 2.40. The van der Waals surface area contributed by atoms with Crippen LogP contribution < -0.4 is 0 Å². The lowest BCUT2D eigenvalue weighted by Gasteiger charge is -2.31. The van der Waals surface area contributed by atoms with Gasteiger partial charge >= 0.3 is 5.97 Å². The van der Waals surface area contributed by atoms with Crippen LogP contribution in [0.2, 0.25) is 0 Å². The van der Waals surface area contributed by atoms with Crippen LogP contribution in [-0.4, -0.2) is 29.1 Å². The van der Waals surface area contributed by atoms with Crippen molar-refractivity contribution in [2.45, 2.75) is 50.1 Å². The molecular formula is C11H16O4. The monoisotopic (exact) mass is 212 g/mol. The van der Waals surface area contributed by atoms with Gasteiger partial charge in [0.05, 0.1) is 0 Å². The molecule has 2 fully saturated rings. The van der Waals surface area contributed by atoms with Crippen LogP contribution >= 0.6 is 0 Å². The molecule has 1 N–H and O–H groups in total. The summed E-state index contributed by atoms with van der Waals surface area (Å²) in [6, 6.07) is 0. The Kier molecular flexibility index (Phi) is 2.80. The molecule has 1 aliphatic heterocycles. The smallest absolute Gasteiger partial charge is 0.336 e. The summed E-state index contributed by atoms with van der Waals surface area (Å²) in [5.41, 5.74) is 0. The van der Waals surface area contributed by atoms with Crippen molar-refractivity contribution in [2.24, 2.45) is 0 Å². The zero-order chi connectivity index (χ0) is 10.9. The van der Waals surface area contributed by atoms with Gasteiger partial charge in [-0.25, -0.2) is 4.79 Å². The second kappa shape index (κ2) is 3.94. The van der Waals surface area contributed by atoms with E-state index in [1.165, 1.54) is 12.5 Å². The van der Waals surface area contributed by atoms with E-state index >= 15 is 0 Å². The topological polar surface area (TPSA) is 55.8 Å². The fourth-order valence-electron chi connectivity index (χ4n) is 2.32. The Morgan fingerprint density at radius 1 is 1.33 bits per heavy atom. The molecule has 4 heteroatoms. The van der Waals surface area contributed by atoms with E-state index in [0.29, 0.717) is 0 Å². The summed E-state index contributed by atoms with van der Waals surface area (Å²) in [7, 11) is 0. The summed E-state index contributed by atoms with van der Waals surface area (Å²) in [4.78, 5) is 10.9. The summed E-state index contributed by atoms with van der Waals surface area (Å²) >= 11 is 0. The minimum Gasteiger partial charge on any atom is -0.479 e. The first-order valence-corrected chi connectivity index (χ1v) is 5.38. The number of ether oxygens (including phenoxy) is 2. The number of carboxylic acids is 1. The molecule has 0 aromatic carbocycles. The molecule has 0 bridgehead atoms. The summed E-state index contributed by atoms with van der Waals surface area (Å²) in [6.07, 6.45) is 4.95. The highest BCUT2D eigenvalue weighted by Gasteiger charge is 2.49. The zero-order valence-corrected chi connectivity index (χ0v) is 8.65. The van der Waals surface area contributed by atoms with E-state index in [1.54, 1.807) is 0 Å². The predicted octanol–water partition coefficient (Wildman–Crippen LogP) is 1.70. The molecular weight excluding hydrogens is 196 g/mol. The second-order valence-corrected chi connectivity index (χ2v) is 4.17. The highest BCUT2D eigenvalue weighted by molar-refractivity contribution is 5.74. The van der Waals surface area contributed by atoms with Crippen molar-refractivity contribution in [3.8, 4) is 0 Å². The van der Waals surface area contributed by atoms with Crippen LogP contribution in [0.25, 0.3) is 0 Å². The van der Waals surface area contributed by atoms with Crippen LogP contribution in [-0.2, 0) is 14.3 Å². The lowest BCUT2D eigenvalue weighted by molar-refractivity contribution is -0.196. The molecule has 1 heterocycles. The van der Waals surface area contributed by atoms with Gasteiger partial charge in [0, 0.05) is 12.8 Å². The Hall–Kier alpha value is -0.870. The van der Waals surface area contributed by atoms with E-state index in [4.69, 9.17) is 14.6 Å². The molecule has 84 valence electrons. The van der Waals surface area contributed by atoms with Crippen LogP contribution in [0, 0.1) is 0 Å². The van der Waals surface area contributed by atoms with Crippen molar-refractivity contribution in [2.75, 3.05) is 0 Å². The molecule has 2 aliphatic rings. The SMILES string of the molecule is C=C[C@H]1OC2(CCCCC2)O[C@H]1C(=O)O. The van der Waals surface area contributed by atoms with Gasteiger partial charge < -0.3 is 14.6 Å². The average molecular weight is 212 g/mol. The van der Waals surface area contributed by atoms with Crippen LogP contribution in [0.3, 0.4) is 0 Å². The van der Waals surface area contributed by atoms with E-state index in [-0.39, 0.29) is 0 Å². The lowest BCUT2D eigenvalue weighted by Crippen LogP contribution is -2.34. The standard InChI is InChI=1S/C11H16O4/c1-2-8-9(10(12)13)15-11(14-8)6-4-3-5-7-11/h2,8-9H,1,3-7H2,(H,12,13)/t8-,9-/m1/s1. The average Bonchev–Trinajstić information content (AvgIpc) is 2.58. The van der Waals surface area contributed by atoms with E-state index in [9.17, 15) is 4.79 Å². The first-order chi connectivity index (χ1) is 7.17. The predicted molar refractivity (Wildman–Crippen MR) is 53.4 cm³/mol. The molecule has 0 radical (unpaired) electrons. The van der Waals surface area contributed by atoms with Crippen molar-refractivity contribution in [1.82, 2.24) is 0 Å². The largest absolute Gasteiger partial charge is 0.479 e. The third-order valence-corrected chi connectivity index (χ3v) is 3.08. The van der Waals surface area contributed by atoms with Gasteiger partial charge in [0.2, 0.25) is 0 Å². The van der Waals surface area contributed by atoms with Gasteiger partial charge in [-0.15, -0.1) is 6.58 Å². The van der Waals surface area contributed by atoms with Gasteiger partial charge in [-0.2, -0.15) is 0 Å². The molecule has 15 heavy (non-hydrogen) atoms. The Labute approximate surface area is 88.9 Å². The minimum absolute atomic E-state index is 0.513. The van der Waals surface area contributed by atoms with Crippen LogP contribution in [0.5, 0.6) is 0 Å². The summed E-state index contributed by atoms with van der Waals surface area (Å²) < 4.78 is 11.3. The number of carboxylic acid groups (broad SMARTS) is 1. The molecule has 0 aromatic rings. The molecule has 0 unspecified atom stereocenters. The fraction of sp³-hybridized carbons (Fsp3) is 0.727. The molecule has 4 nitrogen and oxygen atoms in total. The van der Waals surface area contributed by atoms with Gasteiger partial charge in [-0.1, -0.05) is 12.5 Å². The molecule has 2 rings (SSSR count). The van der Waals surface area contributed by atoms with Crippen molar-refractivity contribution in [3.05, 3.63) is 12.7 Å². The van der Waals surface area contributed by atoms with E-state index in [0.717, 1.165) is 25.7 Å². The molecule has 1 spiro atoms. The van der Waals surface area contributed by atoms with Gasteiger partial charge in [0.15, 0.2) is 11.9 Å². The maximum absolute atomic E-state index is 10.9. The number of hydrogen-bond acceptors (Lipinski definition) is 3. The Balaban J connectivity index is 2.12.